The molecule has 84 heavy (non-hydrogen) atoms. The Hall–Kier alpha value is -1.94. The lowest BCUT2D eigenvalue weighted by molar-refractivity contribution is -0.161. The van der Waals surface area contributed by atoms with Crippen LogP contribution in [0.5, 0.6) is 0 Å². The van der Waals surface area contributed by atoms with Gasteiger partial charge in [-0.3, -0.25) is 37.3 Å². The smallest absolute Gasteiger partial charge is 0.462 e. The third-order valence-electron chi connectivity index (χ3n) is 15.7. The monoisotopic (exact) mass is 1240 g/mol. The van der Waals surface area contributed by atoms with Gasteiger partial charge >= 0.3 is 39.5 Å². The van der Waals surface area contributed by atoms with Crippen LogP contribution in [0.3, 0.4) is 0 Å². The van der Waals surface area contributed by atoms with Gasteiger partial charge in [-0.15, -0.1) is 0 Å². The fourth-order valence-corrected chi connectivity index (χ4v) is 11.2. The summed E-state index contributed by atoms with van der Waals surface area (Å²) in [7, 11) is -9.89. The molecule has 0 aromatic carbocycles. The van der Waals surface area contributed by atoms with Gasteiger partial charge in [-0.2, -0.15) is 0 Å². The number of carbonyl (C=O) groups excluding carboxylic acids is 4. The summed E-state index contributed by atoms with van der Waals surface area (Å²) in [5, 5.41) is 10.5. The highest BCUT2D eigenvalue weighted by molar-refractivity contribution is 7.47. The molecule has 0 aliphatic carbocycles. The van der Waals surface area contributed by atoms with E-state index in [4.69, 9.17) is 37.0 Å². The van der Waals surface area contributed by atoms with E-state index in [0.29, 0.717) is 25.7 Å². The Bertz CT molecular complexity index is 1650. The molecule has 4 unspecified atom stereocenters. The summed E-state index contributed by atoms with van der Waals surface area (Å²) in [6, 6.07) is 0. The molecule has 0 heterocycles. The second kappa shape index (κ2) is 57.5. The summed E-state index contributed by atoms with van der Waals surface area (Å²) in [5.41, 5.74) is 0. The van der Waals surface area contributed by atoms with E-state index in [2.05, 4.69) is 41.5 Å². The molecule has 0 spiro atoms. The highest BCUT2D eigenvalue weighted by Crippen LogP contribution is 2.45. The molecule has 0 aliphatic rings. The van der Waals surface area contributed by atoms with E-state index >= 15 is 0 Å². The summed E-state index contributed by atoms with van der Waals surface area (Å²) < 4.78 is 68.0. The molecule has 0 aromatic rings. The molecule has 3 N–H and O–H groups in total. The molecule has 0 rings (SSSR count). The van der Waals surface area contributed by atoms with Crippen molar-refractivity contribution in [1.82, 2.24) is 0 Å². The van der Waals surface area contributed by atoms with Crippen LogP contribution in [0.15, 0.2) is 0 Å². The van der Waals surface area contributed by atoms with Crippen LogP contribution in [-0.2, 0) is 65.4 Å². The van der Waals surface area contributed by atoms with Crippen molar-refractivity contribution in [1.29, 1.82) is 0 Å². The average molecular weight is 1240 g/mol. The number of ether oxygens (including phenoxy) is 4. The second-order valence-electron chi connectivity index (χ2n) is 24.0. The van der Waals surface area contributed by atoms with Crippen LogP contribution in [0.1, 0.15) is 324 Å². The molecule has 0 radical (unpaired) electrons. The van der Waals surface area contributed by atoms with Gasteiger partial charge in [0.25, 0.3) is 0 Å². The Balaban J connectivity index is 5.24. The van der Waals surface area contributed by atoms with Crippen LogP contribution in [0.4, 0.5) is 0 Å². The maximum Gasteiger partial charge on any atom is 0.472 e. The molecule has 0 fully saturated rings. The number of phosphoric acid groups is 2. The van der Waals surface area contributed by atoms with E-state index in [0.717, 1.165) is 108 Å². The van der Waals surface area contributed by atoms with E-state index in [9.17, 15) is 43.2 Å². The van der Waals surface area contributed by atoms with Crippen molar-refractivity contribution in [3.05, 3.63) is 0 Å². The SMILES string of the molecule is CCCCCCCCCCCCCCCCC(=O)O[C@H](COC(=O)CCCCCCCCCCC(C)CC)COP(=O)(O)OC[C@@H](O)COP(=O)(O)OC[C@@H](COC(=O)CCCCCCCCCC)OC(=O)CCCCCCCCC(C)CC. The van der Waals surface area contributed by atoms with Crippen LogP contribution in [0.2, 0.25) is 0 Å². The van der Waals surface area contributed by atoms with E-state index in [1.165, 1.54) is 135 Å². The van der Waals surface area contributed by atoms with Gasteiger partial charge in [0.2, 0.25) is 0 Å². The summed E-state index contributed by atoms with van der Waals surface area (Å²) in [6.45, 7) is 9.44. The van der Waals surface area contributed by atoms with Crippen molar-refractivity contribution >= 4 is 39.5 Å². The largest absolute Gasteiger partial charge is 0.472 e. The van der Waals surface area contributed by atoms with Crippen molar-refractivity contribution in [2.24, 2.45) is 11.8 Å². The van der Waals surface area contributed by atoms with Crippen molar-refractivity contribution in [2.45, 2.75) is 342 Å². The van der Waals surface area contributed by atoms with Crippen LogP contribution in [0.25, 0.3) is 0 Å². The van der Waals surface area contributed by atoms with Crippen molar-refractivity contribution in [2.75, 3.05) is 39.6 Å². The molecule has 0 bridgehead atoms. The van der Waals surface area contributed by atoms with Crippen LogP contribution >= 0.6 is 15.6 Å². The molecule has 498 valence electrons. The standard InChI is InChI=1S/C65H126O17P2/c1-7-11-13-15-17-19-20-21-22-23-24-30-37-43-49-64(69)81-60(53-76-63(68)48-42-36-29-26-25-27-33-39-45-57(5)9-3)55-79-83(71,72)77-51-59(66)52-78-84(73,74)80-56-61(54-75-62(67)47-41-35-28-18-16-14-12-8-2)82-65(70)50-44-38-32-31-34-40-46-58(6)10-4/h57-61,66H,7-56H2,1-6H3,(H,71,72)(H,73,74)/t57?,58?,59-,60-,61-/m1/s1. The van der Waals surface area contributed by atoms with E-state index in [-0.39, 0.29) is 25.7 Å². The molecule has 17 nitrogen and oxygen atoms in total. The Morgan fingerprint density at radius 2 is 0.571 bits per heavy atom. The van der Waals surface area contributed by atoms with Crippen LogP contribution < -0.4 is 0 Å². The minimum atomic E-state index is -4.95. The first-order chi connectivity index (χ1) is 40.4. The highest BCUT2D eigenvalue weighted by Gasteiger charge is 2.30. The number of hydrogen-bond donors (Lipinski definition) is 3. The van der Waals surface area contributed by atoms with Gasteiger partial charge in [0.15, 0.2) is 12.2 Å². The molecule has 0 aliphatic heterocycles. The summed E-state index contributed by atoms with van der Waals surface area (Å²) in [5.74, 6) is -0.638. The third-order valence-corrected chi connectivity index (χ3v) is 17.6. The maximum atomic E-state index is 13.0. The number of esters is 4. The lowest BCUT2D eigenvalue weighted by Gasteiger charge is -2.21. The molecule has 0 saturated heterocycles. The number of aliphatic hydroxyl groups excluding tert-OH is 1. The Morgan fingerprint density at radius 3 is 0.845 bits per heavy atom. The van der Waals surface area contributed by atoms with E-state index < -0.39 is 97.5 Å². The van der Waals surface area contributed by atoms with Crippen molar-refractivity contribution in [3.8, 4) is 0 Å². The first-order valence-electron chi connectivity index (χ1n) is 34.1. The lowest BCUT2D eigenvalue weighted by atomic mass is 9.99. The first kappa shape index (κ1) is 82.1. The van der Waals surface area contributed by atoms with Gasteiger partial charge in [0.05, 0.1) is 26.4 Å². The van der Waals surface area contributed by atoms with E-state index in [1.54, 1.807) is 0 Å². The van der Waals surface area contributed by atoms with Gasteiger partial charge in [0.1, 0.15) is 19.3 Å². The van der Waals surface area contributed by atoms with Gasteiger partial charge in [-0.25, -0.2) is 9.13 Å². The predicted octanol–water partition coefficient (Wildman–Crippen LogP) is 18.0. The number of carbonyl (C=O) groups is 4. The summed E-state index contributed by atoms with van der Waals surface area (Å²) >= 11 is 0. The predicted molar refractivity (Wildman–Crippen MR) is 335 cm³/mol. The molecular formula is C65H126O17P2. The number of phosphoric ester groups is 2. The van der Waals surface area contributed by atoms with Gasteiger partial charge < -0.3 is 33.8 Å². The highest BCUT2D eigenvalue weighted by atomic mass is 31.2. The zero-order chi connectivity index (χ0) is 62.2. The topological polar surface area (TPSA) is 237 Å². The molecule has 0 saturated carbocycles. The van der Waals surface area contributed by atoms with Gasteiger partial charge in [0, 0.05) is 25.7 Å². The number of aliphatic hydroxyl groups is 1. The van der Waals surface area contributed by atoms with E-state index in [1.807, 2.05) is 0 Å². The quantitative estimate of drug-likeness (QED) is 0.0222. The number of unbranched alkanes of at least 4 members (excludes halogenated alkanes) is 32. The molecule has 19 heteroatoms. The zero-order valence-corrected chi connectivity index (χ0v) is 56.0. The first-order valence-corrected chi connectivity index (χ1v) is 37.1. The Labute approximate surface area is 511 Å². The maximum absolute atomic E-state index is 13.0. The molecule has 7 atom stereocenters. The minimum absolute atomic E-state index is 0.103. The van der Waals surface area contributed by atoms with Gasteiger partial charge in [-0.05, 0) is 37.5 Å². The zero-order valence-electron chi connectivity index (χ0n) is 54.2. The fourth-order valence-electron chi connectivity index (χ4n) is 9.64. The number of rotatable bonds is 64. The number of hydrogen-bond acceptors (Lipinski definition) is 15. The van der Waals surface area contributed by atoms with Crippen molar-refractivity contribution < 1.29 is 80.2 Å². The summed E-state index contributed by atoms with van der Waals surface area (Å²) in [6.07, 6.45) is 40.3. The Morgan fingerprint density at radius 1 is 0.333 bits per heavy atom. The van der Waals surface area contributed by atoms with Crippen LogP contribution in [0, 0.1) is 11.8 Å². The second-order valence-corrected chi connectivity index (χ2v) is 26.9. The Kier molecular flexibility index (Phi) is 56.2. The van der Waals surface area contributed by atoms with Crippen molar-refractivity contribution in [3.63, 3.8) is 0 Å². The molecular weight excluding hydrogens is 1110 g/mol. The summed E-state index contributed by atoms with van der Waals surface area (Å²) in [4.78, 5) is 72.2. The van der Waals surface area contributed by atoms with Crippen LogP contribution in [-0.4, -0.2) is 96.7 Å². The normalized spacial score (nSPS) is 14.9. The molecule has 0 amide bonds. The third kappa shape index (κ3) is 56.6. The molecule has 0 aromatic heterocycles. The lowest BCUT2D eigenvalue weighted by Crippen LogP contribution is -2.30. The van der Waals surface area contributed by atoms with Gasteiger partial charge in [-0.1, -0.05) is 273 Å². The fraction of sp³-hybridized carbons (Fsp3) is 0.938. The average Bonchev–Trinajstić information content (AvgIpc) is 3.59. The minimum Gasteiger partial charge on any atom is -0.462 e.